The van der Waals surface area contributed by atoms with Gasteiger partial charge >= 0.3 is 0 Å². The summed E-state index contributed by atoms with van der Waals surface area (Å²) in [5.41, 5.74) is 11.4. The van der Waals surface area contributed by atoms with Crippen molar-refractivity contribution in [3.8, 4) is 0 Å². The monoisotopic (exact) mass is 333 g/mol. The first kappa shape index (κ1) is 15.5. The molecule has 1 heterocycles. The van der Waals surface area contributed by atoms with Crippen LogP contribution in [0.1, 0.15) is 30.5 Å². The third-order valence-corrected chi connectivity index (χ3v) is 4.80. The predicted molar refractivity (Wildman–Crippen MR) is 103 cm³/mol. The Balaban J connectivity index is 0.00000196. The SMILES string of the molecule is Cc1ccc(NC(=O)[C@@H]2C[C@@H]2c2ccccc2)cc1C1=CC=CNN1.[HH]. The van der Waals surface area contributed by atoms with E-state index in [-0.39, 0.29) is 13.3 Å². The summed E-state index contributed by atoms with van der Waals surface area (Å²) in [6.07, 6.45) is 6.72. The van der Waals surface area contributed by atoms with Crippen LogP contribution in [0.15, 0.2) is 66.9 Å². The first-order chi connectivity index (χ1) is 12.2. The largest absolute Gasteiger partial charge is 0.326 e. The Hall–Kier alpha value is -3.01. The molecule has 0 unspecified atom stereocenters. The van der Waals surface area contributed by atoms with E-state index in [1.54, 1.807) is 0 Å². The standard InChI is InChI=1S/C21H21N3O.H2/c1-14-9-10-16(12-17(14)20-8-5-11-22-24-20)23-21(25)19-13-18(19)15-6-3-2-4-7-15;/h2-12,18-19,22,24H,13H2,1H3,(H,23,25);1H/t18-,19-;/m1./s1. The highest BCUT2D eigenvalue weighted by Crippen LogP contribution is 2.47. The summed E-state index contributed by atoms with van der Waals surface area (Å²) in [6.45, 7) is 2.06. The molecule has 3 N–H and O–H groups in total. The molecule has 0 aromatic heterocycles. The Bertz CT molecular complexity index is 861. The number of aryl methyl sites for hydroxylation is 1. The summed E-state index contributed by atoms with van der Waals surface area (Å²) in [4.78, 5) is 12.6. The molecule has 1 fully saturated rings. The van der Waals surface area contributed by atoms with Crippen molar-refractivity contribution >= 4 is 17.3 Å². The molecular weight excluding hydrogens is 310 g/mol. The second-order valence-corrected chi connectivity index (χ2v) is 6.59. The number of hydrogen-bond donors (Lipinski definition) is 3. The van der Waals surface area contributed by atoms with Gasteiger partial charge in [0, 0.05) is 24.8 Å². The van der Waals surface area contributed by atoms with Crippen LogP contribution in [0, 0.1) is 12.8 Å². The van der Waals surface area contributed by atoms with Crippen LogP contribution in [0.25, 0.3) is 5.70 Å². The lowest BCUT2D eigenvalue weighted by atomic mass is 10.0. The number of anilines is 1. The molecule has 128 valence electrons. The minimum atomic E-state index is 0. The number of hydrogen-bond acceptors (Lipinski definition) is 3. The molecule has 4 rings (SSSR count). The van der Waals surface area contributed by atoms with Crippen molar-refractivity contribution in [2.24, 2.45) is 5.92 Å². The smallest absolute Gasteiger partial charge is 0.228 e. The van der Waals surface area contributed by atoms with Gasteiger partial charge in [-0.2, -0.15) is 0 Å². The van der Waals surface area contributed by atoms with Gasteiger partial charge in [0.2, 0.25) is 5.91 Å². The van der Waals surface area contributed by atoms with Gasteiger partial charge < -0.3 is 16.2 Å². The Kier molecular flexibility index (Phi) is 4.02. The zero-order valence-corrected chi connectivity index (χ0v) is 14.1. The quantitative estimate of drug-likeness (QED) is 0.794. The third-order valence-electron chi connectivity index (χ3n) is 4.80. The number of rotatable bonds is 4. The molecule has 4 nitrogen and oxygen atoms in total. The highest BCUT2D eigenvalue weighted by Gasteiger charge is 2.43. The molecule has 1 saturated carbocycles. The zero-order valence-electron chi connectivity index (χ0n) is 14.1. The van der Waals surface area contributed by atoms with Crippen LogP contribution in [0.5, 0.6) is 0 Å². The van der Waals surface area contributed by atoms with Crippen molar-refractivity contribution in [2.75, 3.05) is 5.32 Å². The molecule has 2 aromatic carbocycles. The molecule has 2 aliphatic rings. The van der Waals surface area contributed by atoms with E-state index < -0.39 is 0 Å². The van der Waals surface area contributed by atoms with Gasteiger partial charge in [0.1, 0.15) is 0 Å². The van der Waals surface area contributed by atoms with E-state index in [2.05, 4.69) is 35.2 Å². The molecule has 4 heteroatoms. The highest BCUT2D eigenvalue weighted by molar-refractivity contribution is 5.95. The highest BCUT2D eigenvalue weighted by atomic mass is 16.2. The Morgan fingerprint density at radius 3 is 2.80 bits per heavy atom. The number of allylic oxidation sites excluding steroid dienone is 2. The van der Waals surface area contributed by atoms with Gasteiger partial charge in [-0.25, -0.2) is 0 Å². The van der Waals surface area contributed by atoms with Crippen LogP contribution >= 0.6 is 0 Å². The Morgan fingerprint density at radius 1 is 1.20 bits per heavy atom. The normalized spacial score (nSPS) is 20.9. The number of nitrogens with one attached hydrogen (secondary N) is 3. The first-order valence-electron chi connectivity index (χ1n) is 8.57. The zero-order chi connectivity index (χ0) is 17.2. The number of benzene rings is 2. The summed E-state index contributed by atoms with van der Waals surface area (Å²) in [6, 6.07) is 16.3. The lowest BCUT2D eigenvalue weighted by Crippen LogP contribution is -2.27. The summed E-state index contributed by atoms with van der Waals surface area (Å²) >= 11 is 0. The van der Waals surface area contributed by atoms with Gasteiger partial charge in [0.05, 0.1) is 5.70 Å². The Labute approximate surface area is 149 Å². The van der Waals surface area contributed by atoms with Crippen LogP contribution in [-0.4, -0.2) is 5.91 Å². The maximum atomic E-state index is 12.6. The van der Waals surface area contributed by atoms with Crippen LogP contribution in [0.4, 0.5) is 5.69 Å². The predicted octanol–water partition coefficient (Wildman–Crippen LogP) is 3.95. The van der Waals surface area contributed by atoms with Crippen molar-refractivity contribution in [2.45, 2.75) is 19.3 Å². The van der Waals surface area contributed by atoms with E-state index in [4.69, 9.17) is 0 Å². The molecule has 1 amide bonds. The van der Waals surface area contributed by atoms with Crippen LogP contribution in [0.3, 0.4) is 0 Å². The van der Waals surface area contributed by atoms with Gasteiger partial charge in [-0.15, -0.1) is 0 Å². The van der Waals surface area contributed by atoms with Crippen LogP contribution in [-0.2, 0) is 4.79 Å². The van der Waals surface area contributed by atoms with Crippen molar-refractivity contribution < 1.29 is 6.22 Å². The molecular formula is C21H23N3O. The summed E-state index contributed by atoms with van der Waals surface area (Å²) in [5.74, 6) is 0.527. The van der Waals surface area contributed by atoms with E-state index in [0.29, 0.717) is 5.92 Å². The maximum absolute atomic E-state index is 12.6. The molecule has 0 radical (unpaired) electrons. The minimum absolute atomic E-state index is 0. The van der Waals surface area contributed by atoms with E-state index >= 15 is 0 Å². The van der Waals surface area contributed by atoms with Gasteiger partial charge in [-0.05, 0) is 54.7 Å². The molecule has 0 saturated heterocycles. The molecule has 1 aliphatic carbocycles. The minimum Gasteiger partial charge on any atom is -0.326 e. The summed E-state index contributed by atoms with van der Waals surface area (Å²) in [7, 11) is 0. The van der Waals surface area contributed by atoms with E-state index in [9.17, 15) is 4.79 Å². The van der Waals surface area contributed by atoms with Crippen molar-refractivity contribution in [1.29, 1.82) is 0 Å². The maximum Gasteiger partial charge on any atom is 0.228 e. The van der Waals surface area contributed by atoms with Gasteiger partial charge in [-0.3, -0.25) is 4.79 Å². The number of carbonyl (C=O) groups excluding carboxylic acids is 1. The van der Waals surface area contributed by atoms with Crippen LogP contribution < -0.4 is 16.2 Å². The van der Waals surface area contributed by atoms with Crippen LogP contribution in [0.2, 0.25) is 0 Å². The molecule has 2 aromatic rings. The van der Waals surface area contributed by atoms with E-state index in [1.807, 2.05) is 54.8 Å². The number of hydrazine groups is 1. The lowest BCUT2D eigenvalue weighted by molar-refractivity contribution is -0.117. The van der Waals surface area contributed by atoms with E-state index in [0.717, 1.165) is 28.9 Å². The second-order valence-electron chi connectivity index (χ2n) is 6.59. The van der Waals surface area contributed by atoms with Crippen molar-refractivity contribution in [3.05, 3.63) is 83.6 Å². The molecule has 1 aliphatic heterocycles. The fourth-order valence-electron chi connectivity index (χ4n) is 3.29. The van der Waals surface area contributed by atoms with Crippen molar-refractivity contribution in [3.63, 3.8) is 0 Å². The van der Waals surface area contributed by atoms with E-state index in [1.165, 1.54) is 5.56 Å². The number of amides is 1. The average molecular weight is 333 g/mol. The third kappa shape index (κ3) is 3.29. The fraction of sp³-hybridized carbons (Fsp3) is 0.190. The lowest BCUT2D eigenvalue weighted by Gasteiger charge is -2.17. The van der Waals surface area contributed by atoms with Gasteiger partial charge in [0.15, 0.2) is 0 Å². The summed E-state index contributed by atoms with van der Waals surface area (Å²) in [5, 5.41) is 3.08. The number of carbonyl (C=O) groups is 1. The average Bonchev–Trinajstić information content (AvgIpc) is 3.46. The second kappa shape index (κ2) is 6.48. The Morgan fingerprint density at radius 2 is 2.04 bits per heavy atom. The molecule has 2 atom stereocenters. The van der Waals surface area contributed by atoms with Gasteiger partial charge in [0.25, 0.3) is 0 Å². The first-order valence-corrected chi connectivity index (χ1v) is 8.57. The van der Waals surface area contributed by atoms with Gasteiger partial charge in [-0.1, -0.05) is 36.4 Å². The van der Waals surface area contributed by atoms with Crippen molar-refractivity contribution in [1.82, 2.24) is 10.9 Å². The molecule has 0 spiro atoms. The topological polar surface area (TPSA) is 53.2 Å². The molecule has 25 heavy (non-hydrogen) atoms. The molecule has 0 bridgehead atoms. The fourth-order valence-corrected chi connectivity index (χ4v) is 3.29. The summed E-state index contributed by atoms with van der Waals surface area (Å²) < 4.78 is 0.